The highest BCUT2D eigenvalue weighted by atomic mass is 19.1. The summed E-state index contributed by atoms with van der Waals surface area (Å²) in [5.41, 5.74) is 5.73. The molecule has 0 aliphatic rings. The maximum absolute atomic E-state index is 12.9. The van der Waals surface area contributed by atoms with E-state index in [2.05, 4.69) is 10.1 Å². The Balaban J connectivity index is 2.05. The molecule has 19 heavy (non-hydrogen) atoms. The Kier molecular flexibility index (Phi) is 3.74. The molecule has 1 heterocycles. The summed E-state index contributed by atoms with van der Waals surface area (Å²) in [7, 11) is 0. The molecule has 0 radical (unpaired) electrons. The summed E-state index contributed by atoms with van der Waals surface area (Å²) in [4.78, 5) is 15.8. The Bertz CT molecular complexity index is 597. The number of rotatable bonds is 4. The van der Waals surface area contributed by atoms with E-state index >= 15 is 0 Å². The minimum absolute atomic E-state index is 0.0104. The Morgan fingerprint density at radius 1 is 1.53 bits per heavy atom. The fourth-order valence-electron chi connectivity index (χ4n) is 1.59. The van der Waals surface area contributed by atoms with Gasteiger partial charge in [-0.1, -0.05) is 0 Å². The summed E-state index contributed by atoms with van der Waals surface area (Å²) in [6.45, 7) is 2.52. The molecule has 2 N–H and O–H groups in total. The standard InChI is InChI=1S/C12H13FN4O2/c1-2-17-11(15-7-16-17)6-19-12(18)9-4-3-8(13)5-10(9)14/h3-5,7H,2,6,14H2,1H3. The van der Waals surface area contributed by atoms with Crippen LogP contribution in [0.2, 0.25) is 0 Å². The van der Waals surface area contributed by atoms with Crippen molar-refractivity contribution in [2.45, 2.75) is 20.1 Å². The van der Waals surface area contributed by atoms with Crippen LogP contribution in [0.1, 0.15) is 23.1 Å². The Labute approximate surface area is 109 Å². The number of aryl methyl sites for hydroxylation is 1. The van der Waals surface area contributed by atoms with Crippen LogP contribution in [0.5, 0.6) is 0 Å². The van der Waals surface area contributed by atoms with Gasteiger partial charge in [-0.2, -0.15) is 5.10 Å². The van der Waals surface area contributed by atoms with Crippen LogP contribution in [-0.4, -0.2) is 20.7 Å². The molecule has 0 bridgehead atoms. The topological polar surface area (TPSA) is 83.0 Å². The number of hydrogen-bond donors (Lipinski definition) is 1. The highest BCUT2D eigenvalue weighted by Crippen LogP contribution is 2.15. The van der Waals surface area contributed by atoms with Crippen LogP contribution in [0.15, 0.2) is 24.5 Å². The summed E-state index contributed by atoms with van der Waals surface area (Å²) in [6, 6.07) is 3.52. The SMILES string of the molecule is CCn1ncnc1COC(=O)c1ccc(F)cc1N. The first-order valence-corrected chi connectivity index (χ1v) is 5.70. The first kappa shape index (κ1) is 13.0. The zero-order valence-electron chi connectivity index (χ0n) is 10.3. The van der Waals surface area contributed by atoms with Gasteiger partial charge in [0.15, 0.2) is 12.4 Å². The predicted molar refractivity (Wildman–Crippen MR) is 65.6 cm³/mol. The van der Waals surface area contributed by atoms with Gasteiger partial charge in [-0.05, 0) is 25.1 Å². The summed E-state index contributed by atoms with van der Waals surface area (Å²) in [5.74, 6) is -0.584. The number of carbonyl (C=O) groups excluding carboxylic acids is 1. The van der Waals surface area contributed by atoms with Crippen LogP contribution in [0.3, 0.4) is 0 Å². The van der Waals surface area contributed by atoms with E-state index in [0.29, 0.717) is 12.4 Å². The van der Waals surface area contributed by atoms with Crippen LogP contribution in [-0.2, 0) is 17.9 Å². The molecule has 2 rings (SSSR count). The maximum atomic E-state index is 12.9. The smallest absolute Gasteiger partial charge is 0.340 e. The monoisotopic (exact) mass is 264 g/mol. The van der Waals surface area contributed by atoms with E-state index in [1.165, 1.54) is 12.4 Å². The third-order valence-corrected chi connectivity index (χ3v) is 2.56. The largest absolute Gasteiger partial charge is 0.454 e. The van der Waals surface area contributed by atoms with Crippen molar-refractivity contribution >= 4 is 11.7 Å². The highest BCUT2D eigenvalue weighted by molar-refractivity contribution is 5.94. The van der Waals surface area contributed by atoms with Gasteiger partial charge in [-0.3, -0.25) is 0 Å². The lowest BCUT2D eigenvalue weighted by molar-refractivity contribution is 0.0458. The van der Waals surface area contributed by atoms with Crippen molar-refractivity contribution < 1.29 is 13.9 Å². The lowest BCUT2D eigenvalue weighted by atomic mass is 10.2. The molecular formula is C12H13FN4O2. The average molecular weight is 264 g/mol. The predicted octanol–water partition coefficient (Wildman–Crippen LogP) is 1.38. The van der Waals surface area contributed by atoms with Gasteiger partial charge >= 0.3 is 5.97 Å². The van der Waals surface area contributed by atoms with Crippen LogP contribution in [0, 0.1) is 5.82 Å². The lowest BCUT2D eigenvalue weighted by Gasteiger charge is -2.07. The zero-order valence-corrected chi connectivity index (χ0v) is 10.3. The van der Waals surface area contributed by atoms with Crippen LogP contribution in [0.25, 0.3) is 0 Å². The van der Waals surface area contributed by atoms with Gasteiger partial charge in [0.2, 0.25) is 0 Å². The molecule has 0 unspecified atom stereocenters. The average Bonchev–Trinajstić information content (AvgIpc) is 2.83. The van der Waals surface area contributed by atoms with E-state index in [1.54, 1.807) is 4.68 Å². The molecule has 6 nitrogen and oxygen atoms in total. The van der Waals surface area contributed by atoms with Crippen molar-refractivity contribution in [1.29, 1.82) is 0 Å². The van der Waals surface area contributed by atoms with E-state index < -0.39 is 11.8 Å². The first-order valence-electron chi connectivity index (χ1n) is 5.70. The molecule has 1 aromatic heterocycles. The van der Waals surface area contributed by atoms with Crippen molar-refractivity contribution in [2.24, 2.45) is 0 Å². The van der Waals surface area contributed by atoms with Gasteiger partial charge in [0.1, 0.15) is 12.1 Å². The van der Waals surface area contributed by atoms with Crippen molar-refractivity contribution in [1.82, 2.24) is 14.8 Å². The van der Waals surface area contributed by atoms with Gasteiger partial charge in [-0.15, -0.1) is 0 Å². The Morgan fingerprint density at radius 3 is 3.00 bits per heavy atom. The minimum atomic E-state index is -0.622. The number of benzene rings is 1. The maximum Gasteiger partial charge on any atom is 0.340 e. The fourth-order valence-corrected chi connectivity index (χ4v) is 1.59. The molecule has 0 saturated carbocycles. The number of anilines is 1. The molecule has 100 valence electrons. The third-order valence-electron chi connectivity index (χ3n) is 2.56. The Hall–Kier alpha value is -2.44. The fraction of sp³-hybridized carbons (Fsp3) is 0.250. The quantitative estimate of drug-likeness (QED) is 0.666. The number of halogens is 1. The van der Waals surface area contributed by atoms with E-state index in [-0.39, 0.29) is 17.9 Å². The summed E-state index contributed by atoms with van der Waals surface area (Å²) < 4.78 is 19.5. The zero-order chi connectivity index (χ0) is 13.8. The molecule has 0 aliphatic heterocycles. The Morgan fingerprint density at radius 2 is 2.32 bits per heavy atom. The number of hydrogen-bond acceptors (Lipinski definition) is 5. The van der Waals surface area contributed by atoms with E-state index in [1.807, 2.05) is 6.92 Å². The van der Waals surface area contributed by atoms with E-state index in [9.17, 15) is 9.18 Å². The summed E-state index contributed by atoms with van der Waals surface area (Å²) in [5, 5.41) is 3.95. The molecule has 7 heteroatoms. The van der Waals surface area contributed by atoms with Crippen LogP contribution >= 0.6 is 0 Å². The molecule has 0 atom stereocenters. The van der Waals surface area contributed by atoms with Gasteiger partial charge in [-0.25, -0.2) is 18.9 Å². The molecule has 2 aromatic rings. The number of nitrogens with zero attached hydrogens (tertiary/aromatic N) is 3. The summed E-state index contributed by atoms with van der Waals surface area (Å²) >= 11 is 0. The van der Waals surface area contributed by atoms with Gasteiger partial charge in [0.05, 0.1) is 5.56 Å². The van der Waals surface area contributed by atoms with Gasteiger partial charge in [0.25, 0.3) is 0 Å². The third kappa shape index (κ3) is 2.87. The molecule has 0 spiro atoms. The minimum Gasteiger partial charge on any atom is -0.454 e. The van der Waals surface area contributed by atoms with Gasteiger partial charge in [0, 0.05) is 12.2 Å². The molecule has 0 amide bonds. The number of esters is 1. The number of ether oxygens (including phenoxy) is 1. The number of nitrogens with two attached hydrogens (primary N) is 1. The normalized spacial score (nSPS) is 10.4. The molecular weight excluding hydrogens is 251 g/mol. The van der Waals surface area contributed by atoms with Crippen LogP contribution < -0.4 is 5.73 Å². The molecule has 0 fully saturated rings. The van der Waals surface area contributed by atoms with Crippen molar-refractivity contribution in [3.05, 3.63) is 41.7 Å². The lowest BCUT2D eigenvalue weighted by Crippen LogP contribution is -2.12. The number of aromatic nitrogens is 3. The second-order valence-electron chi connectivity index (χ2n) is 3.80. The second-order valence-corrected chi connectivity index (χ2v) is 3.80. The second kappa shape index (κ2) is 5.47. The van der Waals surface area contributed by atoms with Crippen molar-refractivity contribution in [3.8, 4) is 0 Å². The summed E-state index contributed by atoms with van der Waals surface area (Å²) in [6.07, 6.45) is 1.39. The number of carbonyl (C=O) groups is 1. The number of nitrogen functional groups attached to an aromatic ring is 1. The van der Waals surface area contributed by atoms with Crippen molar-refractivity contribution in [3.63, 3.8) is 0 Å². The molecule has 0 saturated heterocycles. The van der Waals surface area contributed by atoms with Crippen LogP contribution in [0.4, 0.5) is 10.1 Å². The molecule has 0 aliphatic carbocycles. The first-order chi connectivity index (χ1) is 9.11. The van der Waals surface area contributed by atoms with E-state index in [4.69, 9.17) is 10.5 Å². The molecule has 1 aromatic carbocycles. The highest BCUT2D eigenvalue weighted by Gasteiger charge is 2.13. The van der Waals surface area contributed by atoms with Crippen molar-refractivity contribution in [2.75, 3.05) is 5.73 Å². The van der Waals surface area contributed by atoms with Gasteiger partial charge < -0.3 is 10.5 Å². The van der Waals surface area contributed by atoms with E-state index in [0.717, 1.165) is 12.1 Å².